The Hall–Kier alpha value is -3.06. The lowest BCUT2D eigenvalue weighted by Crippen LogP contribution is -2.13. The highest BCUT2D eigenvalue weighted by Gasteiger charge is 2.13. The van der Waals surface area contributed by atoms with Crippen LogP contribution in [-0.4, -0.2) is 11.8 Å². The van der Waals surface area contributed by atoms with E-state index >= 15 is 0 Å². The van der Waals surface area contributed by atoms with Crippen LogP contribution in [0.15, 0.2) is 63.5 Å². The van der Waals surface area contributed by atoms with Gasteiger partial charge in [0.05, 0.1) is 0 Å². The van der Waals surface area contributed by atoms with E-state index in [2.05, 4.69) is 26.6 Å². The third-order valence-corrected chi connectivity index (χ3v) is 4.41. The molecule has 3 aromatic rings. The van der Waals surface area contributed by atoms with Gasteiger partial charge in [-0.3, -0.25) is 9.59 Å². The molecule has 2 N–H and O–H groups in total. The van der Waals surface area contributed by atoms with Crippen LogP contribution >= 0.6 is 15.9 Å². The number of hydrogen-bond acceptors (Lipinski definition) is 4. The fourth-order valence-electron chi connectivity index (χ4n) is 2.48. The number of halogens is 1. The van der Waals surface area contributed by atoms with Crippen LogP contribution in [0.4, 0.5) is 11.4 Å². The first-order chi connectivity index (χ1) is 13.4. The molecule has 2 aromatic carbocycles. The summed E-state index contributed by atoms with van der Waals surface area (Å²) < 4.78 is 12.2. The highest BCUT2D eigenvalue weighted by Crippen LogP contribution is 2.22. The fourth-order valence-corrected chi connectivity index (χ4v) is 2.75. The standard InChI is InChI=1S/C21H19BrN2O4/c1-13-3-6-16(23-14(2)25)11-19(13)24-21(26)20-10-9-18(28-20)12-27-17-7-4-15(22)5-8-17/h3-11H,12H2,1-2H3,(H,23,25)(H,24,26). The van der Waals surface area contributed by atoms with Gasteiger partial charge < -0.3 is 19.8 Å². The average Bonchev–Trinajstić information content (AvgIpc) is 3.13. The molecule has 2 amide bonds. The van der Waals surface area contributed by atoms with E-state index in [4.69, 9.17) is 9.15 Å². The van der Waals surface area contributed by atoms with Crippen LogP contribution in [0.2, 0.25) is 0 Å². The molecule has 0 fully saturated rings. The van der Waals surface area contributed by atoms with Gasteiger partial charge in [-0.15, -0.1) is 0 Å². The van der Waals surface area contributed by atoms with E-state index in [0.717, 1.165) is 10.0 Å². The van der Waals surface area contributed by atoms with E-state index in [1.807, 2.05) is 37.3 Å². The Morgan fingerprint density at radius 1 is 1.04 bits per heavy atom. The molecule has 3 rings (SSSR count). The van der Waals surface area contributed by atoms with Crippen LogP contribution in [-0.2, 0) is 11.4 Å². The Labute approximate surface area is 171 Å². The van der Waals surface area contributed by atoms with Crippen molar-refractivity contribution in [2.75, 3.05) is 10.6 Å². The van der Waals surface area contributed by atoms with E-state index in [9.17, 15) is 9.59 Å². The number of ether oxygens (including phenoxy) is 1. The zero-order chi connectivity index (χ0) is 20.1. The lowest BCUT2D eigenvalue weighted by atomic mass is 10.1. The normalized spacial score (nSPS) is 10.4. The van der Waals surface area contributed by atoms with Crippen molar-refractivity contribution in [3.8, 4) is 5.75 Å². The Bertz CT molecular complexity index is 996. The highest BCUT2D eigenvalue weighted by molar-refractivity contribution is 9.10. The summed E-state index contributed by atoms with van der Waals surface area (Å²) >= 11 is 3.37. The van der Waals surface area contributed by atoms with E-state index in [1.54, 1.807) is 24.3 Å². The van der Waals surface area contributed by atoms with Crippen LogP contribution in [0.25, 0.3) is 0 Å². The van der Waals surface area contributed by atoms with Crippen LogP contribution in [0.1, 0.15) is 28.8 Å². The van der Waals surface area contributed by atoms with Crippen molar-refractivity contribution in [2.45, 2.75) is 20.5 Å². The Balaban J connectivity index is 1.64. The van der Waals surface area contributed by atoms with Gasteiger partial charge in [0, 0.05) is 22.8 Å². The second-order valence-electron chi connectivity index (χ2n) is 6.17. The molecule has 6 nitrogen and oxygen atoms in total. The molecule has 1 aromatic heterocycles. The van der Waals surface area contributed by atoms with Crippen molar-refractivity contribution in [3.63, 3.8) is 0 Å². The summed E-state index contributed by atoms with van der Waals surface area (Å²) in [6, 6.07) is 16.0. The van der Waals surface area contributed by atoms with Gasteiger partial charge in [0.15, 0.2) is 5.76 Å². The van der Waals surface area contributed by atoms with Crippen molar-refractivity contribution >= 4 is 39.1 Å². The van der Waals surface area contributed by atoms with Crippen LogP contribution in [0.5, 0.6) is 5.75 Å². The molecule has 0 aliphatic heterocycles. The minimum absolute atomic E-state index is 0.178. The van der Waals surface area contributed by atoms with Gasteiger partial charge in [0.2, 0.25) is 5.91 Å². The summed E-state index contributed by atoms with van der Waals surface area (Å²) in [6.45, 7) is 3.51. The van der Waals surface area contributed by atoms with E-state index in [1.165, 1.54) is 6.92 Å². The van der Waals surface area contributed by atoms with Gasteiger partial charge in [-0.1, -0.05) is 22.0 Å². The van der Waals surface area contributed by atoms with Crippen molar-refractivity contribution in [2.24, 2.45) is 0 Å². The zero-order valence-corrected chi connectivity index (χ0v) is 17.0. The molecule has 0 saturated carbocycles. The number of furan rings is 1. The molecule has 0 unspecified atom stereocenters. The van der Waals surface area contributed by atoms with Gasteiger partial charge in [-0.05, 0) is 61.0 Å². The number of aryl methyl sites for hydroxylation is 1. The van der Waals surface area contributed by atoms with Gasteiger partial charge in [0.1, 0.15) is 18.1 Å². The number of benzene rings is 2. The minimum Gasteiger partial charge on any atom is -0.486 e. The predicted octanol–water partition coefficient (Wildman–Crippen LogP) is 5.14. The molecule has 0 radical (unpaired) electrons. The maximum absolute atomic E-state index is 12.5. The number of anilines is 2. The van der Waals surface area contributed by atoms with Gasteiger partial charge in [-0.2, -0.15) is 0 Å². The van der Waals surface area contributed by atoms with Crippen LogP contribution in [0.3, 0.4) is 0 Å². The summed E-state index contributed by atoms with van der Waals surface area (Å²) in [4.78, 5) is 23.7. The highest BCUT2D eigenvalue weighted by atomic mass is 79.9. The smallest absolute Gasteiger partial charge is 0.291 e. The number of carbonyl (C=O) groups is 2. The third kappa shape index (κ3) is 5.23. The summed E-state index contributed by atoms with van der Waals surface area (Å²) in [5.74, 6) is 0.868. The van der Waals surface area contributed by atoms with Crippen LogP contribution < -0.4 is 15.4 Å². The van der Waals surface area contributed by atoms with Crippen molar-refractivity contribution < 1.29 is 18.7 Å². The van der Waals surface area contributed by atoms with Crippen molar-refractivity contribution in [3.05, 3.63) is 76.2 Å². The molecular weight excluding hydrogens is 424 g/mol. The molecule has 0 saturated heterocycles. The quantitative estimate of drug-likeness (QED) is 0.553. The number of hydrogen-bond donors (Lipinski definition) is 2. The number of amides is 2. The molecule has 0 bridgehead atoms. The molecular formula is C21H19BrN2O4. The maximum Gasteiger partial charge on any atom is 0.291 e. The number of rotatable bonds is 6. The summed E-state index contributed by atoms with van der Waals surface area (Å²) in [5.41, 5.74) is 2.07. The van der Waals surface area contributed by atoms with E-state index in [-0.39, 0.29) is 24.2 Å². The second kappa shape index (κ2) is 8.75. The Morgan fingerprint density at radius 2 is 1.79 bits per heavy atom. The van der Waals surface area contributed by atoms with E-state index < -0.39 is 0 Å². The molecule has 0 atom stereocenters. The Kier molecular flexibility index (Phi) is 6.16. The first-order valence-electron chi connectivity index (χ1n) is 8.57. The molecule has 0 aliphatic carbocycles. The Morgan fingerprint density at radius 3 is 2.50 bits per heavy atom. The first-order valence-corrected chi connectivity index (χ1v) is 9.36. The minimum atomic E-state index is -0.377. The summed E-state index contributed by atoms with van der Waals surface area (Å²) in [5, 5.41) is 5.50. The van der Waals surface area contributed by atoms with Crippen molar-refractivity contribution in [1.82, 2.24) is 0 Å². The van der Waals surface area contributed by atoms with Gasteiger partial charge in [0.25, 0.3) is 5.91 Å². The van der Waals surface area contributed by atoms with Gasteiger partial charge >= 0.3 is 0 Å². The molecule has 0 aliphatic rings. The molecule has 7 heteroatoms. The molecule has 1 heterocycles. The first kappa shape index (κ1) is 19.7. The van der Waals surface area contributed by atoms with Crippen molar-refractivity contribution in [1.29, 1.82) is 0 Å². The SMILES string of the molecule is CC(=O)Nc1ccc(C)c(NC(=O)c2ccc(COc3ccc(Br)cc3)o2)c1. The lowest BCUT2D eigenvalue weighted by Gasteiger charge is -2.10. The zero-order valence-electron chi connectivity index (χ0n) is 15.4. The monoisotopic (exact) mass is 442 g/mol. The number of carbonyl (C=O) groups excluding carboxylic acids is 2. The summed E-state index contributed by atoms with van der Waals surface area (Å²) in [7, 11) is 0. The average molecular weight is 443 g/mol. The number of nitrogens with one attached hydrogen (secondary N) is 2. The third-order valence-electron chi connectivity index (χ3n) is 3.89. The summed E-state index contributed by atoms with van der Waals surface area (Å²) in [6.07, 6.45) is 0. The molecule has 144 valence electrons. The molecule has 0 spiro atoms. The molecule has 28 heavy (non-hydrogen) atoms. The van der Waals surface area contributed by atoms with E-state index in [0.29, 0.717) is 22.9 Å². The second-order valence-corrected chi connectivity index (χ2v) is 7.09. The van der Waals surface area contributed by atoms with Crippen LogP contribution in [0, 0.1) is 6.92 Å². The predicted molar refractivity (Wildman–Crippen MR) is 111 cm³/mol. The topological polar surface area (TPSA) is 80.6 Å². The largest absolute Gasteiger partial charge is 0.486 e. The van der Waals surface area contributed by atoms with Gasteiger partial charge in [-0.25, -0.2) is 0 Å². The fraction of sp³-hybridized carbons (Fsp3) is 0.143. The lowest BCUT2D eigenvalue weighted by molar-refractivity contribution is -0.114. The maximum atomic E-state index is 12.5.